The van der Waals surface area contributed by atoms with E-state index in [1.54, 1.807) is 0 Å². The monoisotopic (exact) mass is 262 g/mol. The molecule has 0 aromatic rings. The van der Waals surface area contributed by atoms with E-state index in [-0.39, 0.29) is 0 Å². The van der Waals surface area contributed by atoms with Gasteiger partial charge in [0.05, 0.1) is 0 Å². The maximum Gasteiger partial charge on any atom is 0.454 e. The van der Waals surface area contributed by atoms with Crippen LogP contribution < -0.4 is 5.32 Å². The topological polar surface area (TPSA) is 40.4 Å². The van der Waals surface area contributed by atoms with Crippen LogP contribution >= 0.6 is 0 Å². The van der Waals surface area contributed by atoms with Gasteiger partial charge in [0, 0.05) is 0 Å². The Morgan fingerprint density at radius 3 is 2.06 bits per heavy atom. The molecule has 0 N–H and O–H groups in total. The zero-order chi connectivity index (χ0) is 13.5. The fourth-order valence-electron chi connectivity index (χ4n) is 1.24. The summed E-state index contributed by atoms with van der Waals surface area (Å²) in [5.74, 6) is -1.67. The summed E-state index contributed by atoms with van der Waals surface area (Å²) in [6.07, 6.45) is -11.2. The first-order valence-electron chi connectivity index (χ1n) is 4.24. The first-order valence-corrected chi connectivity index (χ1v) is 4.24. The fourth-order valence-corrected chi connectivity index (χ4v) is 1.24. The van der Waals surface area contributed by atoms with E-state index in [2.05, 4.69) is 16.6 Å². The lowest BCUT2D eigenvalue weighted by molar-refractivity contribution is -0.370. The Balaban J connectivity index is 3.14. The highest BCUT2D eigenvalue weighted by Crippen LogP contribution is 2.48. The van der Waals surface area contributed by atoms with E-state index < -0.39 is 36.5 Å². The lowest BCUT2D eigenvalue weighted by Crippen LogP contribution is -2.62. The van der Waals surface area contributed by atoms with Gasteiger partial charge in [-0.25, -0.2) is 0 Å². The number of carbonyl (C=O) groups excluding carboxylic acids is 1. The van der Waals surface area contributed by atoms with Gasteiger partial charge in [0.15, 0.2) is 0 Å². The van der Waals surface area contributed by atoms with Crippen LogP contribution in [0, 0.1) is 0 Å². The zero-order valence-electron chi connectivity index (χ0n) is 8.10. The molecule has 1 unspecified atom stereocenters. The highest BCUT2D eigenvalue weighted by Gasteiger charge is 2.79. The molecule has 0 aromatic heterocycles. The third kappa shape index (κ3) is 2.11. The molecule has 1 heterocycles. The van der Waals surface area contributed by atoms with E-state index in [4.69, 9.17) is 0 Å². The highest BCUT2D eigenvalue weighted by molar-refractivity contribution is 5.78. The summed E-state index contributed by atoms with van der Waals surface area (Å²) < 4.78 is 77.7. The quantitative estimate of drug-likeness (QED) is 0.433. The zero-order valence-corrected chi connectivity index (χ0v) is 8.10. The Bertz CT molecular complexity index is 320. The first-order chi connectivity index (χ1) is 7.55. The summed E-state index contributed by atoms with van der Waals surface area (Å²) in [5, 5.41) is 2.44. The van der Waals surface area contributed by atoms with Gasteiger partial charge in [0.1, 0.15) is 6.04 Å². The van der Waals surface area contributed by atoms with Gasteiger partial charge in [-0.05, 0) is 6.42 Å². The second-order valence-electron chi connectivity index (χ2n) is 3.23. The molecule has 1 radical (unpaired) electrons. The number of ether oxygens (including phenoxy) is 1. The van der Waals surface area contributed by atoms with Crippen LogP contribution in [0.25, 0.3) is 0 Å². The van der Waals surface area contributed by atoms with E-state index in [1.165, 1.54) is 0 Å². The van der Waals surface area contributed by atoms with E-state index in [9.17, 15) is 31.1 Å². The highest BCUT2D eigenvalue weighted by atomic mass is 19.4. The molecular weight excluding hydrogens is 256 g/mol. The van der Waals surface area contributed by atoms with Crippen LogP contribution in [0.3, 0.4) is 0 Å². The molecule has 3 nitrogen and oxygen atoms in total. The predicted octanol–water partition coefficient (Wildman–Crippen LogP) is 1.91. The summed E-state index contributed by atoms with van der Waals surface area (Å²) in [6, 6.07) is -1.84. The third-order valence-electron chi connectivity index (χ3n) is 2.02. The van der Waals surface area contributed by atoms with Crippen molar-refractivity contribution in [2.75, 3.05) is 0 Å². The second-order valence-corrected chi connectivity index (χ2v) is 3.23. The minimum absolute atomic E-state index is 0.452. The van der Waals surface area contributed by atoms with E-state index in [0.717, 1.165) is 6.08 Å². The number of nitrogens with zero attached hydrogens (tertiary/aromatic N) is 1. The Hall–Kier alpha value is -1.25. The smallest absolute Gasteiger partial charge is 0.423 e. The number of esters is 1. The molecule has 0 amide bonds. The minimum atomic E-state index is -5.85. The minimum Gasteiger partial charge on any atom is -0.423 e. The lowest BCUT2D eigenvalue weighted by Gasteiger charge is -2.30. The molecule has 1 rings (SSSR count). The molecular formula is C8H6F6NO2. The maximum atomic E-state index is 12.4. The van der Waals surface area contributed by atoms with Crippen molar-refractivity contribution >= 4 is 5.97 Å². The molecule has 1 saturated heterocycles. The van der Waals surface area contributed by atoms with Gasteiger partial charge in [-0.15, -0.1) is 6.58 Å². The first kappa shape index (κ1) is 13.8. The summed E-state index contributed by atoms with van der Waals surface area (Å²) in [6.45, 7) is 3.10. The second kappa shape index (κ2) is 3.90. The number of hydrogen-bond donors (Lipinski definition) is 0. The van der Waals surface area contributed by atoms with Crippen LogP contribution in [-0.2, 0) is 9.53 Å². The number of alkyl halides is 6. The summed E-state index contributed by atoms with van der Waals surface area (Å²) in [5.41, 5.74) is -4.76. The largest absolute Gasteiger partial charge is 0.454 e. The predicted molar refractivity (Wildman–Crippen MR) is 41.7 cm³/mol. The van der Waals surface area contributed by atoms with Crippen LogP contribution in [0.5, 0.6) is 0 Å². The lowest BCUT2D eigenvalue weighted by atomic mass is 10.1. The van der Waals surface area contributed by atoms with Crippen LogP contribution in [0.4, 0.5) is 26.3 Å². The summed E-state index contributed by atoms with van der Waals surface area (Å²) in [4.78, 5) is 10.9. The molecule has 17 heavy (non-hydrogen) atoms. The van der Waals surface area contributed by atoms with Crippen molar-refractivity contribution in [2.24, 2.45) is 0 Å². The fraction of sp³-hybridized carbons (Fsp3) is 0.625. The molecule has 0 saturated carbocycles. The standard InChI is InChI=1S/C8H6F6NO2/c1-2-3-4-5(16)17-6(15-4,7(9,10)11)8(12,13)14/h2,4H,1,3H2. The van der Waals surface area contributed by atoms with Gasteiger partial charge in [-0.3, -0.25) is 4.79 Å². The van der Waals surface area contributed by atoms with Crippen molar-refractivity contribution in [1.82, 2.24) is 5.32 Å². The average Bonchev–Trinajstić information content (AvgIpc) is 2.43. The molecule has 0 aliphatic carbocycles. The van der Waals surface area contributed by atoms with Gasteiger partial charge in [0.25, 0.3) is 0 Å². The molecule has 1 fully saturated rings. The number of cyclic esters (lactones) is 1. The van der Waals surface area contributed by atoms with Crippen LogP contribution in [0.2, 0.25) is 0 Å². The number of hydrogen-bond acceptors (Lipinski definition) is 2. The molecule has 1 aliphatic rings. The Kier molecular flexibility index (Phi) is 3.17. The Morgan fingerprint density at radius 1 is 1.29 bits per heavy atom. The molecule has 1 atom stereocenters. The normalized spacial score (nSPS) is 24.6. The molecule has 1 aliphatic heterocycles. The summed E-state index contributed by atoms with van der Waals surface area (Å²) >= 11 is 0. The van der Waals surface area contributed by atoms with Gasteiger partial charge >= 0.3 is 24.0 Å². The Labute approximate surface area is 91.4 Å². The van der Waals surface area contributed by atoms with Gasteiger partial charge in [-0.1, -0.05) is 6.08 Å². The van der Waals surface area contributed by atoms with Gasteiger partial charge in [0.2, 0.25) is 0 Å². The number of rotatable bonds is 2. The molecule has 9 heteroatoms. The van der Waals surface area contributed by atoms with Crippen molar-refractivity contribution in [3.8, 4) is 0 Å². The molecule has 0 aromatic carbocycles. The summed E-state index contributed by atoms with van der Waals surface area (Å²) in [7, 11) is 0. The molecule has 0 spiro atoms. The molecule has 0 bridgehead atoms. The average molecular weight is 262 g/mol. The SMILES string of the molecule is C=CCC1[N]C(C(F)(F)F)(C(F)(F)F)OC1=O. The third-order valence-corrected chi connectivity index (χ3v) is 2.02. The number of carbonyl (C=O) groups is 1. The van der Waals surface area contributed by atoms with E-state index >= 15 is 0 Å². The van der Waals surface area contributed by atoms with Crippen molar-refractivity contribution in [1.29, 1.82) is 0 Å². The van der Waals surface area contributed by atoms with Crippen LogP contribution in [0.15, 0.2) is 12.7 Å². The van der Waals surface area contributed by atoms with Gasteiger partial charge in [-0.2, -0.15) is 31.7 Å². The van der Waals surface area contributed by atoms with Crippen molar-refractivity contribution in [2.45, 2.75) is 30.5 Å². The molecule has 97 valence electrons. The van der Waals surface area contributed by atoms with Crippen LogP contribution in [-0.4, -0.2) is 30.1 Å². The van der Waals surface area contributed by atoms with Gasteiger partial charge < -0.3 is 4.74 Å². The number of halogens is 6. The maximum absolute atomic E-state index is 12.4. The van der Waals surface area contributed by atoms with Crippen molar-refractivity contribution in [3.05, 3.63) is 12.7 Å². The van der Waals surface area contributed by atoms with Crippen molar-refractivity contribution < 1.29 is 35.9 Å². The van der Waals surface area contributed by atoms with Crippen molar-refractivity contribution in [3.63, 3.8) is 0 Å². The van der Waals surface area contributed by atoms with E-state index in [1.807, 2.05) is 0 Å². The Morgan fingerprint density at radius 2 is 1.76 bits per heavy atom. The van der Waals surface area contributed by atoms with Crippen LogP contribution in [0.1, 0.15) is 6.42 Å². The van der Waals surface area contributed by atoms with E-state index in [0.29, 0.717) is 0 Å².